The third-order valence-corrected chi connectivity index (χ3v) is 0. The Balaban J connectivity index is -0.00000000167. The molecule has 0 aliphatic carbocycles. The molecule has 0 aromatic carbocycles. The summed E-state index contributed by atoms with van der Waals surface area (Å²) < 4.78 is 0. The molecule has 0 N–H and O–H groups in total. The summed E-state index contributed by atoms with van der Waals surface area (Å²) in [5, 5.41) is 0. The summed E-state index contributed by atoms with van der Waals surface area (Å²) in [5.41, 5.74) is 0. The fourth-order valence-corrected chi connectivity index (χ4v) is 0. The van der Waals surface area contributed by atoms with E-state index in [1.54, 1.807) is 0 Å². The van der Waals surface area contributed by atoms with Crippen molar-refractivity contribution in [2.24, 2.45) is 0 Å². The van der Waals surface area contributed by atoms with Gasteiger partial charge >= 0.3 is 48.8 Å². The Labute approximate surface area is 84.1 Å². The second-order valence-electron chi connectivity index (χ2n) is 0. The zero-order valence-electron chi connectivity index (χ0n) is 2.53. The van der Waals surface area contributed by atoms with Gasteiger partial charge in [0.2, 0.25) is 0 Å². The van der Waals surface area contributed by atoms with Crippen molar-refractivity contribution in [3.63, 3.8) is 0 Å². The molecule has 0 aliphatic heterocycles. The third kappa shape index (κ3) is 20.4. The Morgan fingerprint density at radius 1 is 1.20 bits per heavy atom. The summed E-state index contributed by atoms with van der Waals surface area (Å²) in [7, 11) is 3.96. The molecule has 0 aromatic rings. The normalized spacial score (nSPS) is 0.800. The first-order valence-corrected chi connectivity index (χ1v) is 2.60. The van der Waals surface area contributed by atoms with Crippen LogP contribution in [0.1, 0.15) is 0 Å². The van der Waals surface area contributed by atoms with E-state index >= 15 is 0 Å². The van der Waals surface area contributed by atoms with Crippen LogP contribution in [0.5, 0.6) is 0 Å². The number of hydrogen-bond donors (Lipinski definition) is 0. The largest absolute Gasteiger partial charge is 0 e. The minimum atomic E-state index is 0. The van der Waals surface area contributed by atoms with Crippen molar-refractivity contribution < 1.29 is 36.5 Å². The molecule has 0 aromatic heterocycles. The summed E-state index contributed by atoms with van der Waals surface area (Å²) in [4.78, 5) is 0. The van der Waals surface area contributed by atoms with Gasteiger partial charge in [-0.2, -0.15) is 0 Å². The summed E-state index contributed by atoms with van der Waals surface area (Å²) in [5.74, 6) is 0. The predicted octanol–water partition coefficient (Wildman–Crippen LogP) is -0.654. The van der Waals surface area contributed by atoms with Crippen molar-refractivity contribution in [1.82, 2.24) is 0 Å². The van der Waals surface area contributed by atoms with Gasteiger partial charge in [-0.25, -0.2) is 0 Å². The van der Waals surface area contributed by atoms with Gasteiger partial charge in [0.15, 0.2) is 0 Å². The molecule has 0 fully saturated rings. The second kappa shape index (κ2) is 30.0. The zero-order valence-corrected chi connectivity index (χ0v) is 13.0. The topological polar surface area (TPSA) is 0 Å². The van der Waals surface area contributed by atoms with Gasteiger partial charge in [-0.15, -0.1) is 0 Å². The van der Waals surface area contributed by atoms with E-state index in [1.165, 1.54) is 0 Å². The fourth-order valence-electron chi connectivity index (χ4n) is 0. The molecule has 0 unspecified atom stereocenters. The second-order valence-corrected chi connectivity index (χ2v) is 0. The van der Waals surface area contributed by atoms with E-state index in [-0.39, 0.29) is 60.5 Å². The number of hydrogen-bond acceptors (Lipinski definition) is 1. The van der Waals surface area contributed by atoms with Crippen LogP contribution in [0.25, 0.3) is 0 Å². The molecule has 0 bridgehead atoms. The molecule has 31 valence electrons. The van der Waals surface area contributed by atoms with Crippen LogP contribution < -0.4 is 0 Å². The maximum atomic E-state index is 3.96. The van der Waals surface area contributed by atoms with E-state index in [9.17, 15) is 0 Å². The van der Waals surface area contributed by atoms with Crippen LogP contribution in [0.3, 0.4) is 0 Å². The van der Waals surface area contributed by atoms with E-state index in [1.807, 2.05) is 0 Å². The average molecular weight is 361 g/mol. The molecule has 0 nitrogen and oxygen atoms in total. The van der Waals surface area contributed by atoms with Crippen LogP contribution in [0.15, 0.2) is 0 Å². The monoisotopic (exact) mass is 361 g/mol. The Bertz CT molecular complexity index is 11.6. The van der Waals surface area contributed by atoms with Crippen molar-refractivity contribution in [3.8, 4) is 0 Å². The molecule has 0 rings (SSSR count). The Hall–Kier alpha value is 2.68. The summed E-state index contributed by atoms with van der Waals surface area (Å²) in [6.45, 7) is 0. The van der Waals surface area contributed by atoms with Crippen molar-refractivity contribution >= 4 is 48.8 Å². The molecule has 0 heterocycles. The van der Waals surface area contributed by atoms with E-state index in [0.717, 1.165) is 0 Å². The molecule has 0 aliphatic rings. The van der Waals surface area contributed by atoms with Crippen LogP contribution in [0.2, 0.25) is 0 Å². The van der Waals surface area contributed by atoms with Crippen molar-refractivity contribution in [2.45, 2.75) is 0 Å². The fraction of sp³-hybridized carbons (Fsp3) is 0. The molecule has 0 saturated heterocycles. The van der Waals surface area contributed by atoms with Crippen LogP contribution in [-0.2, 0) is 36.5 Å². The SMILES string of the molecule is S=[Se].[Cu].[SnH2].[Zn]. The molecule has 5 heteroatoms. The number of rotatable bonds is 0. The Morgan fingerprint density at radius 3 is 1.20 bits per heavy atom. The molecular weight excluding hydrogens is 359 g/mol. The van der Waals surface area contributed by atoms with Crippen LogP contribution in [-0.4, -0.2) is 38.3 Å². The van der Waals surface area contributed by atoms with E-state index in [2.05, 4.69) is 24.9 Å². The van der Waals surface area contributed by atoms with Gasteiger partial charge in [-0.1, -0.05) is 0 Å². The summed E-state index contributed by atoms with van der Waals surface area (Å²) >= 11 is 2.21. The molecule has 0 saturated carbocycles. The van der Waals surface area contributed by atoms with Gasteiger partial charge in [0, 0.05) is 36.5 Å². The van der Waals surface area contributed by atoms with Crippen LogP contribution in [0, 0.1) is 0 Å². The molecule has 5 heavy (non-hydrogen) atoms. The predicted molar refractivity (Wildman–Crippen MR) is 21.9 cm³/mol. The molecule has 0 amide bonds. The van der Waals surface area contributed by atoms with Crippen LogP contribution in [0.4, 0.5) is 0 Å². The van der Waals surface area contributed by atoms with Gasteiger partial charge in [0.25, 0.3) is 0 Å². The van der Waals surface area contributed by atoms with E-state index < -0.39 is 0 Å². The first-order chi connectivity index (χ1) is 1.00. The quantitative estimate of drug-likeness (QED) is 0.517. The minimum Gasteiger partial charge on any atom is 0 e. The Kier molecular flexibility index (Phi) is 152. The molecule has 0 spiro atoms. The van der Waals surface area contributed by atoms with Gasteiger partial charge < -0.3 is 0 Å². The van der Waals surface area contributed by atoms with Gasteiger partial charge in [-0.05, 0) is 0 Å². The maximum absolute atomic E-state index is 3.96. The molecule has 3 radical (unpaired) electrons. The van der Waals surface area contributed by atoms with Gasteiger partial charge in [0.05, 0.1) is 0 Å². The Morgan fingerprint density at radius 2 is 1.20 bits per heavy atom. The standard InChI is InChI=1S/Cu.SSe.Sn.Zn.2H/c;1-2;;;;. The summed E-state index contributed by atoms with van der Waals surface area (Å²) in [6, 6.07) is 0. The first kappa shape index (κ1) is 25.3. The first-order valence-electron chi connectivity index (χ1n) is 0.167. The smallest absolute Gasteiger partial charge is 0 e. The van der Waals surface area contributed by atoms with Crippen LogP contribution >= 0.6 is 10.6 Å². The van der Waals surface area contributed by atoms with E-state index in [4.69, 9.17) is 0 Å². The minimum absolute atomic E-state index is 0. The summed E-state index contributed by atoms with van der Waals surface area (Å²) in [6.07, 6.45) is 0. The van der Waals surface area contributed by atoms with Gasteiger partial charge in [-0.3, -0.25) is 0 Å². The maximum Gasteiger partial charge on any atom is 0 e. The van der Waals surface area contributed by atoms with E-state index in [0.29, 0.717) is 0 Å². The van der Waals surface area contributed by atoms with Crippen molar-refractivity contribution in [2.75, 3.05) is 0 Å². The van der Waals surface area contributed by atoms with Gasteiger partial charge in [0.1, 0.15) is 0 Å². The van der Waals surface area contributed by atoms with Crippen molar-refractivity contribution in [3.05, 3.63) is 0 Å². The average Bonchev–Trinajstić information content (AvgIpc) is 1.00. The molecule has 0 atom stereocenters. The third-order valence-electron chi connectivity index (χ3n) is 0. The molecular formula is H2CuSSeSnZn. The van der Waals surface area contributed by atoms with Crippen molar-refractivity contribution in [1.29, 1.82) is 0 Å². The zero-order chi connectivity index (χ0) is 2.00.